The molecule has 7 nitrogen and oxygen atoms in total. The van der Waals surface area contributed by atoms with Gasteiger partial charge in [0.1, 0.15) is 13.4 Å². The van der Waals surface area contributed by atoms with Crippen molar-refractivity contribution < 1.29 is 9.53 Å². The summed E-state index contributed by atoms with van der Waals surface area (Å²) in [6.07, 6.45) is 17.9. The molecule has 0 atom stereocenters. The van der Waals surface area contributed by atoms with Crippen LogP contribution in [0.15, 0.2) is 79.4 Å². The van der Waals surface area contributed by atoms with E-state index in [0.29, 0.717) is 12.5 Å². The second kappa shape index (κ2) is 13.3. The molecule has 1 aliphatic heterocycles. The molecule has 2 heterocycles. The molecule has 32 heavy (non-hydrogen) atoms. The summed E-state index contributed by atoms with van der Waals surface area (Å²) in [4.78, 5) is 10.1. The van der Waals surface area contributed by atoms with Gasteiger partial charge in [-0.2, -0.15) is 5.10 Å². The third-order valence-electron chi connectivity index (χ3n) is 4.63. The fourth-order valence-electron chi connectivity index (χ4n) is 3.02. The van der Waals surface area contributed by atoms with Crippen molar-refractivity contribution >= 4 is 18.1 Å². The van der Waals surface area contributed by atoms with Crippen LogP contribution in [-0.4, -0.2) is 35.6 Å². The number of nitrogens with one attached hydrogen (secondary N) is 3. The Morgan fingerprint density at radius 1 is 1.25 bits per heavy atom. The van der Waals surface area contributed by atoms with Crippen LogP contribution in [0.2, 0.25) is 0 Å². The van der Waals surface area contributed by atoms with Crippen LogP contribution in [0.3, 0.4) is 0 Å². The van der Waals surface area contributed by atoms with Crippen molar-refractivity contribution in [3.8, 4) is 5.88 Å². The Hall–Kier alpha value is -4.00. The van der Waals surface area contributed by atoms with Gasteiger partial charge in [-0.05, 0) is 48.9 Å². The van der Waals surface area contributed by atoms with Crippen LogP contribution in [-0.2, 0) is 11.4 Å². The Balaban J connectivity index is 0.00000176. The minimum absolute atomic E-state index is 0.465. The molecule has 168 valence electrons. The van der Waals surface area contributed by atoms with E-state index in [4.69, 9.17) is 9.53 Å². The first-order valence-corrected chi connectivity index (χ1v) is 10.3. The molecule has 0 amide bonds. The minimum atomic E-state index is 0.465. The maximum Gasteiger partial charge on any atom is 0.217 e. The van der Waals surface area contributed by atoms with Gasteiger partial charge in [0.2, 0.25) is 5.88 Å². The van der Waals surface area contributed by atoms with Gasteiger partial charge in [0.05, 0.1) is 24.1 Å². The maximum absolute atomic E-state index is 8.00. The molecule has 1 aliphatic rings. The summed E-state index contributed by atoms with van der Waals surface area (Å²) in [6.45, 7) is 7.24. The SMILES string of the molecule is C/C=C\C=C/N1C=C(c2ccc(COc3[nH]ncc3C(/C=C\NC)=C/C)cc2)NC1.C=O. The molecule has 0 saturated carbocycles. The second-order valence-electron chi connectivity index (χ2n) is 6.72. The van der Waals surface area contributed by atoms with Gasteiger partial charge in [0.15, 0.2) is 0 Å². The van der Waals surface area contributed by atoms with E-state index in [1.165, 1.54) is 0 Å². The molecule has 3 N–H and O–H groups in total. The zero-order valence-electron chi connectivity index (χ0n) is 18.8. The number of aromatic nitrogens is 2. The number of hydrogen-bond donors (Lipinski definition) is 3. The van der Waals surface area contributed by atoms with Gasteiger partial charge in [-0.15, -0.1) is 0 Å². The predicted octanol–water partition coefficient (Wildman–Crippen LogP) is 4.19. The molecule has 7 heteroatoms. The summed E-state index contributed by atoms with van der Waals surface area (Å²) in [6, 6.07) is 8.39. The number of allylic oxidation sites excluding steroid dienone is 6. The number of nitrogens with zero attached hydrogens (tertiary/aromatic N) is 2. The number of aromatic amines is 1. The Bertz CT molecular complexity index is 984. The van der Waals surface area contributed by atoms with E-state index in [1.54, 1.807) is 6.20 Å². The number of carbonyl (C=O) groups excluding carboxylic acids is 1. The normalized spacial score (nSPS) is 13.9. The molecule has 0 radical (unpaired) electrons. The van der Waals surface area contributed by atoms with Crippen molar-refractivity contribution in [3.63, 3.8) is 0 Å². The van der Waals surface area contributed by atoms with E-state index in [1.807, 2.05) is 64.3 Å². The topological polar surface area (TPSA) is 82.3 Å². The number of ether oxygens (including phenoxy) is 1. The molecule has 2 aromatic rings. The molecule has 0 bridgehead atoms. The van der Waals surface area contributed by atoms with E-state index in [9.17, 15) is 0 Å². The number of H-pyrrole nitrogens is 1. The van der Waals surface area contributed by atoms with E-state index in [2.05, 4.69) is 62.4 Å². The van der Waals surface area contributed by atoms with Crippen LogP contribution < -0.4 is 15.4 Å². The van der Waals surface area contributed by atoms with Crippen molar-refractivity contribution in [1.82, 2.24) is 25.7 Å². The summed E-state index contributed by atoms with van der Waals surface area (Å²) in [5, 5.41) is 13.5. The van der Waals surface area contributed by atoms with Crippen LogP contribution in [0.4, 0.5) is 0 Å². The van der Waals surface area contributed by atoms with Crippen molar-refractivity contribution in [2.75, 3.05) is 13.7 Å². The van der Waals surface area contributed by atoms with Gasteiger partial charge in [0, 0.05) is 19.4 Å². The highest BCUT2D eigenvalue weighted by molar-refractivity contribution is 5.76. The molecule has 3 rings (SSSR count). The first-order valence-electron chi connectivity index (χ1n) is 10.3. The lowest BCUT2D eigenvalue weighted by atomic mass is 10.1. The van der Waals surface area contributed by atoms with Gasteiger partial charge >= 0.3 is 0 Å². The summed E-state index contributed by atoms with van der Waals surface area (Å²) < 4.78 is 6.00. The van der Waals surface area contributed by atoms with Gasteiger partial charge in [-0.3, -0.25) is 0 Å². The maximum atomic E-state index is 8.00. The fraction of sp³-hybridized carbons (Fsp3) is 0.200. The van der Waals surface area contributed by atoms with Crippen LogP contribution in [0.5, 0.6) is 5.88 Å². The van der Waals surface area contributed by atoms with Crippen molar-refractivity contribution in [2.24, 2.45) is 0 Å². The highest BCUT2D eigenvalue weighted by Crippen LogP contribution is 2.25. The standard InChI is InChI=1S/C24H29N5O.CH2O/c1-4-6-7-14-29-16-23(26-18-29)21-10-8-19(9-11-21)17-30-24-22(15-27-28-24)20(5-2)12-13-25-3;1-2/h4-16,25-26H,17-18H2,1-3H3,(H,27,28);1H2/b6-4-,13-12-,14-7-,20-5+;. The van der Waals surface area contributed by atoms with E-state index < -0.39 is 0 Å². The van der Waals surface area contributed by atoms with Crippen LogP contribution in [0.25, 0.3) is 11.3 Å². The monoisotopic (exact) mass is 433 g/mol. The number of hydrogen-bond acceptors (Lipinski definition) is 6. The van der Waals surface area contributed by atoms with Crippen molar-refractivity contribution in [3.05, 3.63) is 96.1 Å². The number of benzene rings is 1. The van der Waals surface area contributed by atoms with Crippen molar-refractivity contribution in [2.45, 2.75) is 20.5 Å². The average Bonchev–Trinajstić information content (AvgIpc) is 3.50. The fourth-order valence-corrected chi connectivity index (χ4v) is 3.02. The van der Waals surface area contributed by atoms with Gasteiger partial charge in [0.25, 0.3) is 0 Å². The quantitative estimate of drug-likeness (QED) is 0.515. The average molecular weight is 434 g/mol. The first-order chi connectivity index (χ1) is 15.7. The largest absolute Gasteiger partial charge is 0.473 e. The summed E-state index contributed by atoms with van der Waals surface area (Å²) in [5.74, 6) is 0.664. The Labute approximate surface area is 189 Å². The lowest BCUT2D eigenvalue weighted by Crippen LogP contribution is -2.15. The smallest absolute Gasteiger partial charge is 0.217 e. The lowest BCUT2D eigenvalue weighted by Gasteiger charge is -2.08. The third-order valence-corrected chi connectivity index (χ3v) is 4.63. The second-order valence-corrected chi connectivity index (χ2v) is 6.72. The molecule has 0 unspecified atom stereocenters. The molecular weight excluding hydrogens is 402 g/mol. The Morgan fingerprint density at radius 3 is 2.72 bits per heavy atom. The minimum Gasteiger partial charge on any atom is -0.473 e. The highest BCUT2D eigenvalue weighted by atomic mass is 16.5. The van der Waals surface area contributed by atoms with Crippen LogP contribution in [0.1, 0.15) is 30.5 Å². The molecule has 0 spiro atoms. The molecule has 1 aromatic carbocycles. The van der Waals surface area contributed by atoms with Crippen LogP contribution in [0, 0.1) is 0 Å². The van der Waals surface area contributed by atoms with E-state index >= 15 is 0 Å². The van der Waals surface area contributed by atoms with E-state index in [0.717, 1.165) is 34.6 Å². The molecule has 1 aromatic heterocycles. The van der Waals surface area contributed by atoms with Crippen LogP contribution >= 0.6 is 0 Å². The summed E-state index contributed by atoms with van der Waals surface area (Å²) >= 11 is 0. The lowest BCUT2D eigenvalue weighted by molar-refractivity contribution is -0.0979. The highest BCUT2D eigenvalue weighted by Gasteiger charge is 2.12. The predicted molar refractivity (Wildman–Crippen MR) is 130 cm³/mol. The zero-order chi connectivity index (χ0) is 23.2. The zero-order valence-corrected chi connectivity index (χ0v) is 18.8. The van der Waals surface area contributed by atoms with Gasteiger partial charge in [-0.25, -0.2) is 5.10 Å². The molecular formula is C25H31N5O2. The Kier molecular flexibility index (Phi) is 10.1. The number of rotatable bonds is 9. The molecule has 0 fully saturated rings. The Morgan fingerprint density at radius 2 is 2.03 bits per heavy atom. The molecule has 0 aliphatic carbocycles. The van der Waals surface area contributed by atoms with Crippen molar-refractivity contribution in [1.29, 1.82) is 0 Å². The first kappa shape index (κ1) is 24.3. The summed E-state index contributed by atoms with van der Waals surface area (Å²) in [7, 11) is 1.87. The van der Waals surface area contributed by atoms with Gasteiger partial charge < -0.3 is 25.1 Å². The van der Waals surface area contributed by atoms with Gasteiger partial charge in [-0.1, -0.05) is 42.5 Å². The van der Waals surface area contributed by atoms with E-state index in [-0.39, 0.29) is 0 Å². The molecule has 0 saturated heterocycles. The third kappa shape index (κ3) is 6.77. The summed E-state index contributed by atoms with van der Waals surface area (Å²) in [5.41, 5.74) is 5.33. The number of carbonyl (C=O) groups is 1.